The van der Waals surface area contributed by atoms with Crippen LogP contribution in [0, 0.1) is 12.7 Å². The minimum atomic E-state index is -0.437. The van der Waals surface area contributed by atoms with Crippen LogP contribution in [-0.2, 0) is 22.6 Å². The van der Waals surface area contributed by atoms with E-state index in [2.05, 4.69) is 9.97 Å². The second-order valence-corrected chi connectivity index (χ2v) is 8.37. The van der Waals surface area contributed by atoms with E-state index in [-0.39, 0.29) is 43.0 Å². The average molecular weight is 463 g/mol. The van der Waals surface area contributed by atoms with Crippen molar-refractivity contribution in [2.75, 3.05) is 26.2 Å². The highest BCUT2D eigenvalue weighted by molar-refractivity contribution is 5.95. The van der Waals surface area contributed by atoms with Crippen molar-refractivity contribution in [3.63, 3.8) is 0 Å². The van der Waals surface area contributed by atoms with Crippen LogP contribution < -0.4 is 0 Å². The third-order valence-electron chi connectivity index (χ3n) is 5.70. The van der Waals surface area contributed by atoms with Crippen LogP contribution in [0.25, 0.3) is 0 Å². The maximum Gasteiger partial charge on any atom is 0.274 e. The average Bonchev–Trinajstić information content (AvgIpc) is 3.00. The second kappa shape index (κ2) is 11.0. The number of aryl methyl sites for hydroxylation is 1. The zero-order chi connectivity index (χ0) is 23.9. The molecule has 8 heteroatoms. The van der Waals surface area contributed by atoms with Gasteiger partial charge in [0.25, 0.3) is 5.91 Å². The van der Waals surface area contributed by atoms with E-state index in [0.717, 1.165) is 5.56 Å². The van der Waals surface area contributed by atoms with E-state index in [9.17, 15) is 14.0 Å². The van der Waals surface area contributed by atoms with Crippen LogP contribution in [-0.4, -0.2) is 63.9 Å². The van der Waals surface area contributed by atoms with E-state index in [4.69, 9.17) is 4.74 Å². The van der Waals surface area contributed by atoms with Crippen molar-refractivity contribution in [1.82, 2.24) is 19.8 Å². The number of rotatable bonds is 7. The van der Waals surface area contributed by atoms with E-state index >= 15 is 0 Å². The molecule has 2 amide bonds. The fourth-order valence-electron chi connectivity index (χ4n) is 3.87. The molecule has 1 fully saturated rings. The number of carbonyl (C=O) groups excluding carboxylic acids is 2. The number of carbonyl (C=O) groups is 2. The predicted molar refractivity (Wildman–Crippen MR) is 124 cm³/mol. The van der Waals surface area contributed by atoms with Gasteiger partial charge in [-0.05, 0) is 36.6 Å². The van der Waals surface area contributed by atoms with Gasteiger partial charge in [0, 0.05) is 25.8 Å². The van der Waals surface area contributed by atoms with Crippen LogP contribution >= 0.6 is 0 Å². The maximum absolute atomic E-state index is 13.6. The number of hydrogen-bond donors (Lipinski definition) is 0. The molecule has 7 nitrogen and oxygen atoms in total. The van der Waals surface area contributed by atoms with Gasteiger partial charge in [0.1, 0.15) is 18.1 Å². The number of hydrogen-bond acceptors (Lipinski definition) is 5. The summed E-state index contributed by atoms with van der Waals surface area (Å²) in [6.45, 7) is 2.97. The molecule has 176 valence electrons. The normalized spacial score (nSPS) is 16.4. The molecule has 1 aliphatic rings. The molecule has 0 radical (unpaired) electrons. The first-order valence-corrected chi connectivity index (χ1v) is 11.2. The fraction of sp³-hybridized carbons (Fsp3) is 0.308. The lowest BCUT2D eigenvalue weighted by atomic mass is 10.1. The van der Waals surface area contributed by atoms with Gasteiger partial charge in [-0.25, -0.2) is 9.37 Å². The van der Waals surface area contributed by atoms with Gasteiger partial charge in [0.2, 0.25) is 5.91 Å². The van der Waals surface area contributed by atoms with Crippen molar-refractivity contribution in [2.24, 2.45) is 0 Å². The molecule has 1 unspecified atom stereocenters. The molecule has 1 saturated heterocycles. The van der Waals surface area contributed by atoms with Gasteiger partial charge < -0.3 is 14.5 Å². The van der Waals surface area contributed by atoms with Crippen molar-refractivity contribution < 1.29 is 18.7 Å². The zero-order valence-corrected chi connectivity index (χ0v) is 19.1. The minimum absolute atomic E-state index is 0.0665. The Morgan fingerprint density at radius 3 is 2.59 bits per heavy atom. The molecule has 0 bridgehead atoms. The van der Waals surface area contributed by atoms with Crippen LogP contribution in [0.15, 0.2) is 67.0 Å². The van der Waals surface area contributed by atoms with Crippen molar-refractivity contribution in [1.29, 1.82) is 0 Å². The third-order valence-corrected chi connectivity index (χ3v) is 5.70. The van der Waals surface area contributed by atoms with E-state index < -0.39 is 6.10 Å². The summed E-state index contributed by atoms with van der Waals surface area (Å²) in [4.78, 5) is 37.7. The summed E-state index contributed by atoms with van der Waals surface area (Å²) in [5.74, 6) is -0.859. The molecule has 34 heavy (non-hydrogen) atoms. The topological polar surface area (TPSA) is 75.6 Å². The SMILES string of the molecule is Cc1cnc(C(=O)N2CC(=O)N(CCc3ccccc3)CC(OCc3cccc(F)c3)C2)cn1. The van der Waals surface area contributed by atoms with Crippen molar-refractivity contribution in [3.05, 3.63) is 95.3 Å². The lowest BCUT2D eigenvalue weighted by Crippen LogP contribution is -2.40. The smallest absolute Gasteiger partial charge is 0.274 e. The molecule has 3 aromatic rings. The van der Waals surface area contributed by atoms with Gasteiger partial charge in [-0.15, -0.1) is 0 Å². The number of halogens is 1. The van der Waals surface area contributed by atoms with E-state index in [0.29, 0.717) is 30.8 Å². The molecule has 1 atom stereocenters. The largest absolute Gasteiger partial charge is 0.370 e. The highest BCUT2D eigenvalue weighted by Crippen LogP contribution is 2.15. The Kier molecular flexibility index (Phi) is 7.59. The molecule has 0 N–H and O–H groups in total. The van der Waals surface area contributed by atoms with Crippen LogP contribution in [0.2, 0.25) is 0 Å². The van der Waals surface area contributed by atoms with Crippen molar-refractivity contribution >= 4 is 11.8 Å². The first-order valence-electron chi connectivity index (χ1n) is 11.2. The summed E-state index contributed by atoms with van der Waals surface area (Å²) in [6, 6.07) is 16.1. The molecule has 0 spiro atoms. The Bertz CT molecular complexity index is 1120. The Hall–Kier alpha value is -3.65. The number of aromatic nitrogens is 2. The molecule has 0 saturated carbocycles. The first kappa shape index (κ1) is 23.5. The Labute approximate surface area is 198 Å². The quantitative estimate of drug-likeness (QED) is 0.540. The predicted octanol–water partition coefficient (Wildman–Crippen LogP) is 3.04. The van der Waals surface area contributed by atoms with Gasteiger partial charge in [-0.1, -0.05) is 42.5 Å². The number of benzene rings is 2. The van der Waals surface area contributed by atoms with Gasteiger partial charge >= 0.3 is 0 Å². The summed E-state index contributed by atoms with van der Waals surface area (Å²) in [5.41, 5.74) is 2.69. The van der Waals surface area contributed by atoms with Crippen LogP contribution in [0.5, 0.6) is 0 Å². The maximum atomic E-state index is 13.6. The van der Waals surface area contributed by atoms with Gasteiger partial charge in [-0.2, -0.15) is 0 Å². The summed E-state index contributed by atoms with van der Waals surface area (Å²) < 4.78 is 19.7. The monoisotopic (exact) mass is 462 g/mol. The number of amides is 2. The van der Waals surface area contributed by atoms with Gasteiger partial charge in [-0.3, -0.25) is 14.6 Å². The van der Waals surface area contributed by atoms with E-state index in [1.54, 1.807) is 24.0 Å². The highest BCUT2D eigenvalue weighted by Gasteiger charge is 2.31. The number of ether oxygens (including phenoxy) is 1. The summed E-state index contributed by atoms with van der Waals surface area (Å²) in [7, 11) is 0. The third kappa shape index (κ3) is 6.23. The molecule has 2 heterocycles. The lowest BCUT2D eigenvalue weighted by Gasteiger charge is -2.25. The summed E-state index contributed by atoms with van der Waals surface area (Å²) in [5, 5.41) is 0. The first-order chi connectivity index (χ1) is 16.5. The van der Waals surface area contributed by atoms with E-state index in [1.807, 2.05) is 30.3 Å². The number of nitrogens with zero attached hydrogens (tertiary/aromatic N) is 4. The molecular weight excluding hydrogens is 435 g/mol. The zero-order valence-electron chi connectivity index (χ0n) is 19.1. The van der Waals surface area contributed by atoms with Crippen LogP contribution in [0.3, 0.4) is 0 Å². The molecule has 4 rings (SSSR count). The van der Waals surface area contributed by atoms with Crippen LogP contribution in [0.1, 0.15) is 27.3 Å². The Morgan fingerprint density at radius 2 is 1.85 bits per heavy atom. The fourth-order valence-corrected chi connectivity index (χ4v) is 3.87. The van der Waals surface area contributed by atoms with Crippen molar-refractivity contribution in [3.8, 4) is 0 Å². The molecule has 2 aromatic carbocycles. The van der Waals surface area contributed by atoms with Gasteiger partial charge in [0.05, 0.1) is 24.6 Å². The van der Waals surface area contributed by atoms with Gasteiger partial charge in [0.15, 0.2) is 0 Å². The van der Waals surface area contributed by atoms with E-state index in [1.165, 1.54) is 29.4 Å². The molecule has 1 aromatic heterocycles. The second-order valence-electron chi connectivity index (χ2n) is 8.37. The molecule has 1 aliphatic heterocycles. The highest BCUT2D eigenvalue weighted by atomic mass is 19.1. The lowest BCUT2D eigenvalue weighted by molar-refractivity contribution is -0.131. The standard InChI is InChI=1S/C26H27FN4O3/c1-19-13-29-24(14-28-19)26(33)31-16-23(34-18-21-8-5-9-22(27)12-21)15-30(25(32)17-31)11-10-20-6-3-2-4-7-20/h2-9,12-14,23H,10-11,15-18H2,1H3. The minimum Gasteiger partial charge on any atom is -0.370 e. The Balaban J connectivity index is 1.50. The van der Waals surface area contributed by atoms with Crippen LogP contribution in [0.4, 0.5) is 4.39 Å². The molecule has 0 aliphatic carbocycles. The summed E-state index contributed by atoms with van der Waals surface area (Å²) in [6.07, 6.45) is 3.20. The van der Waals surface area contributed by atoms with Crippen molar-refractivity contribution in [2.45, 2.75) is 26.1 Å². The summed E-state index contributed by atoms with van der Waals surface area (Å²) >= 11 is 0. The Morgan fingerprint density at radius 1 is 1.06 bits per heavy atom. The molecular formula is C26H27FN4O3.